The maximum atomic E-state index is 11.2. The summed E-state index contributed by atoms with van der Waals surface area (Å²) in [5, 5.41) is 0. The van der Waals surface area contributed by atoms with Crippen molar-refractivity contribution in [3.8, 4) is 0 Å². The lowest BCUT2D eigenvalue weighted by Crippen LogP contribution is -2.10. The average molecular weight is 176 g/mol. The van der Waals surface area contributed by atoms with Crippen molar-refractivity contribution in [2.75, 3.05) is 0 Å². The van der Waals surface area contributed by atoms with Crippen molar-refractivity contribution in [3.63, 3.8) is 0 Å². The number of carbonyl (C=O) groups is 2. The minimum atomic E-state index is -0.595. The smallest absolute Gasteiger partial charge is 0.342 e. The number of allylic oxidation sites excluding steroid dienone is 3. The first-order valence-electron chi connectivity index (χ1n) is 4.00. The fourth-order valence-corrected chi connectivity index (χ4v) is 1.53. The van der Waals surface area contributed by atoms with Gasteiger partial charge in [-0.25, -0.2) is 4.79 Å². The van der Waals surface area contributed by atoms with E-state index in [0.29, 0.717) is 6.42 Å². The van der Waals surface area contributed by atoms with Gasteiger partial charge in [0.2, 0.25) is 0 Å². The Kier molecular flexibility index (Phi) is 1.65. The van der Waals surface area contributed by atoms with Gasteiger partial charge in [0.1, 0.15) is 5.92 Å². The second-order valence-electron chi connectivity index (χ2n) is 3.04. The first kappa shape index (κ1) is 7.98. The molecule has 1 saturated heterocycles. The SMILES string of the molecule is C=C1C(=O)OC(=O)C1C1=CC=CC1. The van der Waals surface area contributed by atoms with E-state index in [9.17, 15) is 9.59 Å². The van der Waals surface area contributed by atoms with Gasteiger partial charge in [0.05, 0.1) is 0 Å². The summed E-state index contributed by atoms with van der Waals surface area (Å²) in [6.45, 7) is 3.55. The van der Waals surface area contributed by atoms with Crippen LogP contribution in [0, 0.1) is 5.92 Å². The van der Waals surface area contributed by atoms with E-state index in [-0.39, 0.29) is 5.57 Å². The molecule has 0 aromatic rings. The van der Waals surface area contributed by atoms with Gasteiger partial charge in [0.15, 0.2) is 0 Å². The van der Waals surface area contributed by atoms with Crippen LogP contribution < -0.4 is 0 Å². The Morgan fingerprint density at radius 3 is 2.69 bits per heavy atom. The summed E-state index contributed by atoms with van der Waals surface area (Å²) in [5.74, 6) is -1.63. The number of hydrogen-bond donors (Lipinski definition) is 0. The van der Waals surface area contributed by atoms with Gasteiger partial charge < -0.3 is 4.74 Å². The Bertz CT molecular complexity index is 360. The van der Waals surface area contributed by atoms with Gasteiger partial charge in [-0.3, -0.25) is 4.79 Å². The summed E-state index contributed by atoms with van der Waals surface area (Å²) in [4.78, 5) is 22.2. The molecule has 0 amide bonds. The van der Waals surface area contributed by atoms with Crippen molar-refractivity contribution in [1.82, 2.24) is 0 Å². The zero-order valence-electron chi connectivity index (χ0n) is 6.95. The molecule has 1 aliphatic carbocycles. The molecule has 1 atom stereocenters. The normalized spacial score (nSPS) is 26.6. The molecule has 0 aromatic heterocycles. The van der Waals surface area contributed by atoms with Crippen molar-refractivity contribution >= 4 is 11.9 Å². The highest BCUT2D eigenvalue weighted by atomic mass is 16.6. The summed E-state index contributed by atoms with van der Waals surface area (Å²) in [6, 6.07) is 0. The molecular weight excluding hydrogens is 168 g/mol. The number of ether oxygens (including phenoxy) is 1. The second kappa shape index (κ2) is 2.69. The van der Waals surface area contributed by atoms with Crippen molar-refractivity contribution in [1.29, 1.82) is 0 Å². The summed E-state index contributed by atoms with van der Waals surface area (Å²) in [6.07, 6.45) is 6.32. The number of rotatable bonds is 1. The Morgan fingerprint density at radius 1 is 1.46 bits per heavy atom. The minimum absolute atomic E-state index is 0.250. The molecule has 0 radical (unpaired) electrons. The second-order valence-corrected chi connectivity index (χ2v) is 3.04. The third-order valence-corrected chi connectivity index (χ3v) is 2.21. The van der Waals surface area contributed by atoms with E-state index in [2.05, 4.69) is 11.3 Å². The van der Waals surface area contributed by atoms with Crippen LogP contribution in [0.1, 0.15) is 6.42 Å². The van der Waals surface area contributed by atoms with E-state index in [1.165, 1.54) is 0 Å². The molecule has 0 saturated carbocycles. The molecule has 3 nitrogen and oxygen atoms in total. The van der Waals surface area contributed by atoms with E-state index in [1.807, 2.05) is 18.2 Å². The van der Waals surface area contributed by atoms with Crippen LogP contribution in [0.5, 0.6) is 0 Å². The number of cyclic esters (lactones) is 2. The van der Waals surface area contributed by atoms with Crippen LogP contribution in [0.2, 0.25) is 0 Å². The lowest BCUT2D eigenvalue weighted by molar-refractivity contribution is -0.152. The van der Waals surface area contributed by atoms with E-state index < -0.39 is 17.9 Å². The summed E-state index contributed by atoms with van der Waals surface area (Å²) < 4.78 is 4.45. The molecule has 1 fully saturated rings. The molecule has 2 rings (SSSR count). The minimum Gasteiger partial charge on any atom is -0.389 e. The zero-order valence-corrected chi connectivity index (χ0v) is 6.95. The van der Waals surface area contributed by atoms with Crippen molar-refractivity contribution < 1.29 is 14.3 Å². The summed E-state index contributed by atoms with van der Waals surface area (Å²) in [7, 11) is 0. The van der Waals surface area contributed by atoms with Crippen LogP contribution in [-0.2, 0) is 14.3 Å². The molecule has 13 heavy (non-hydrogen) atoms. The topological polar surface area (TPSA) is 43.4 Å². The van der Waals surface area contributed by atoms with Gasteiger partial charge >= 0.3 is 11.9 Å². The molecular formula is C10H8O3. The van der Waals surface area contributed by atoms with E-state index in [4.69, 9.17) is 0 Å². The molecule has 1 heterocycles. The van der Waals surface area contributed by atoms with Gasteiger partial charge in [0.25, 0.3) is 0 Å². The predicted molar refractivity (Wildman–Crippen MR) is 45.6 cm³/mol. The maximum absolute atomic E-state index is 11.2. The summed E-state index contributed by atoms with van der Waals surface area (Å²) in [5.41, 5.74) is 1.14. The third-order valence-electron chi connectivity index (χ3n) is 2.21. The highest BCUT2D eigenvalue weighted by molar-refractivity contribution is 6.08. The molecule has 0 bridgehead atoms. The maximum Gasteiger partial charge on any atom is 0.342 e. The molecule has 3 heteroatoms. The molecule has 0 N–H and O–H groups in total. The molecule has 1 aliphatic heterocycles. The van der Waals surface area contributed by atoms with Crippen LogP contribution >= 0.6 is 0 Å². The molecule has 0 aromatic carbocycles. The molecule has 0 spiro atoms. The fraction of sp³-hybridized carbons (Fsp3) is 0.200. The first-order chi connectivity index (χ1) is 6.20. The van der Waals surface area contributed by atoms with Crippen molar-refractivity contribution in [3.05, 3.63) is 36.0 Å². The third kappa shape index (κ3) is 1.13. The average Bonchev–Trinajstić information content (AvgIpc) is 2.63. The standard InChI is InChI=1S/C10H8O3/c1-6-8(7-4-2-3-5-7)10(12)13-9(6)11/h2-4,8H,1,5H2. The van der Waals surface area contributed by atoms with E-state index in [1.54, 1.807) is 0 Å². The number of hydrogen-bond acceptors (Lipinski definition) is 3. The zero-order chi connectivity index (χ0) is 9.42. The molecule has 66 valence electrons. The van der Waals surface area contributed by atoms with Gasteiger partial charge in [0, 0.05) is 5.57 Å². The van der Waals surface area contributed by atoms with Crippen LogP contribution in [0.4, 0.5) is 0 Å². The van der Waals surface area contributed by atoms with Crippen LogP contribution in [-0.4, -0.2) is 11.9 Å². The van der Waals surface area contributed by atoms with Crippen molar-refractivity contribution in [2.45, 2.75) is 6.42 Å². The molecule has 1 unspecified atom stereocenters. The number of esters is 2. The van der Waals surface area contributed by atoms with Crippen LogP contribution in [0.15, 0.2) is 36.0 Å². The van der Waals surface area contributed by atoms with Gasteiger partial charge in [-0.15, -0.1) is 0 Å². The van der Waals surface area contributed by atoms with Gasteiger partial charge in [-0.2, -0.15) is 0 Å². The molecule has 2 aliphatic rings. The Hall–Kier alpha value is -1.64. The van der Waals surface area contributed by atoms with Crippen LogP contribution in [0.3, 0.4) is 0 Å². The Balaban J connectivity index is 2.29. The highest BCUT2D eigenvalue weighted by Crippen LogP contribution is 2.32. The van der Waals surface area contributed by atoms with Gasteiger partial charge in [-0.1, -0.05) is 24.8 Å². The lowest BCUT2D eigenvalue weighted by Gasteiger charge is -2.05. The van der Waals surface area contributed by atoms with Crippen LogP contribution in [0.25, 0.3) is 0 Å². The monoisotopic (exact) mass is 176 g/mol. The number of carbonyl (C=O) groups excluding carboxylic acids is 2. The van der Waals surface area contributed by atoms with E-state index >= 15 is 0 Å². The van der Waals surface area contributed by atoms with Gasteiger partial charge in [-0.05, 0) is 12.0 Å². The fourth-order valence-electron chi connectivity index (χ4n) is 1.53. The largest absolute Gasteiger partial charge is 0.389 e. The quantitative estimate of drug-likeness (QED) is 0.341. The highest BCUT2D eigenvalue weighted by Gasteiger charge is 2.39. The van der Waals surface area contributed by atoms with E-state index in [0.717, 1.165) is 5.57 Å². The first-order valence-corrected chi connectivity index (χ1v) is 4.00. The predicted octanol–water partition coefficient (Wildman–Crippen LogP) is 1.13. The lowest BCUT2D eigenvalue weighted by atomic mass is 9.93. The Morgan fingerprint density at radius 2 is 2.23 bits per heavy atom. The van der Waals surface area contributed by atoms with Crippen molar-refractivity contribution in [2.24, 2.45) is 5.92 Å². The summed E-state index contributed by atoms with van der Waals surface area (Å²) >= 11 is 0. The Labute approximate surface area is 75.4 Å².